The minimum Gasteiger partial charge on any atom is -0.392 e. The van der Waals surface area contributed by atoms with Crippen LogP contribution in [0.2, 0.25) is 0 Å². The average molecular weight is 380 g/mol. The molecule has 142 valence electrons. The second-order valence-electron chi connectivity index (χ2n) is 6.28. The van der Waals surface area contributed by atoms with Crippen LogP contribution in [0, 0.1) is 0 Å². The number of piperidine rings is 1. The smallest absolute Gasteiger partial charge is 0.392 e. The second-order valence-corrected chi connectivity index (χ2v) is 7.29. The van der Waals surface area contributed by atoms with Crippen LogP contribution in [0.5, 0.6) is 0 Å². The lowest BCUT2D eigenvalue weighted by Crippen LogP contribution is -2.50. The summed E-state index contributed by atoms with van der Waals surface area (Å²) in [5, 5.41) is 13.0. The van der Waals surface area contributed by atoms with Gasteiger partial charge >= 0.3 is 16.4 Å². The molecule has 4 atom stereocenters. The van der Waals surface area contributed by atoms with E-state index in [0.29, 0.717) is 30.9 Å². The Morgan fingerprint density at radius 2 is 2.16 bits per heavy atom. The number of carbonyl (C=O) groups is 2. The van der Waals surface area contributed by atoms with Crippen LogP contribution in [0.1, 0.15) is 19.3 Å². The molecule has 3 amide bonds. The van der Waals surface area contributed by atoms with Gasteiger partial charge in [-0.25, -0.2) is 10.3 Å². The van der Waals surface area contributed by atoms with Crippen molar-refractivity contribution in [1.82, 2.24) is 20.8 Å². The lowest BCUT2D eigenvalue weighted by atomic mass is 10.0. The van der Waals surface area contributed by atoms with Gasteiger partial charge < -0.3 is 15.3 Å². The number of fused-ring (bicyclic) bond motifs is 2. The van der Waals surface area contributed by atoms with Gasteiger partial charge in [0.05, 0.1) is 18.8 Å². The van der Waals surface area contributed by atoms with Crippen LogP contribution in [0.3, 0.4) is 0 Å². The Morgan fingerprint density at radius 1 is 1.40 bits per heavy atom. The average Bonchev–Trinajstić information content (AvgIpc) is 3.04. The third-order valence-electron chi connectivity index (χ3n) is 4.46. The summed E-state index contributed by atoms with van der Waals surface area (Å²) in [6.07, 6.45) is 0.729. The topological polar surface area (TPSA) is 158 Å². The summed E-state index contributed by atoms with van der Waals surface area (Å²) in [5.41, 5.74) is 2.28. The predicted molar refractivity (Wildman–Crippen MR) is 79.9 cm³/mol. The van der Waals surface area contributed by atoms with Gasteiger partial charge in [0.25, 0.3) is 5.91 Å². The van der Waals surface area contributed by atoms with E-state index >= 15 is 0 Å². The first-order valence-corrected chi connectivity index (χ1v) is 9.21. The first-order valence-electron chi connectivity index (χ1n) is 7.84. The van der Waals surface area contributed by atoms with Gasteiger partial charge in [0.1, 0.15) is 6.04 Å². The summed E-state index contributed by atoms with van der Waals surface area (Å²) >= 11 is 0. The summed E-state index contributed by atoms with van der Waals surface area (Å²) in [6, 6.07) is -2.25. The maximum Gasteiger partial charge on any atom is 0.418 e. The highest BCUT2D eigenvalue weighted by Gasteiger charge is 2.49. The molecule has 0 aromatic carbocycles. The molecule has 2 bridgehead atoms. The van der Waals surface area contributed by atoms with Crippen LogP contribution in [-0.4, -0.2) is 83.9 Å². The summed E-state index contributed by atoms with van der Waals surface area (Å²) in [4.78, 5) is 30.7. The number of hydrogen-bond acceptors (Lipinski definition) is 8. The quantitative estimate of drug-likeness (QED) is 0.295. The van der Waals surface area contributed by atoms with Crippen molar-refractivity contribution in [3.63, 3.8) is 0 Å². The molecule has 3 aliphatic rings. The summed E-state index contributed by atoms with van der Waals surface area (Å²) in [5.74, 6) is -0.529. The molecule has 0 spiro atoms. The second kappa shape index (κ2) is 7.01. The molecule has 0 radical (unpaired) electrons. The van der Waals surface area contributed by atoms with E-state index in [1.54, 1.807) is 0 Å². The number of hydrogen-bond donors (Lipinski definition) is 4. The zero-order valence-electron chi connectivity index (χ0n) is 13.2. The number of aliphatic hydroxyl groups is 1. The molecule has 3 aliphatic heterocycles. The van der Waals surface area contributed by atoms with Crippen molar-refractivity contribution in [3.05, 3.63) is 0 Å². The SMILES string of the molecule is O=C(NOC[C@@H]1C[C@@H](O)CN1)C1CCC2CN1C(=O)N2OS(=O)(=O)O. The van der Waals surface area contributed by atoms with E-state index in [9.17, 15) is 23.1 Å². The molecule has 12 nitrogen and oxygen atoms in total. The van der Waals surface area contributed by atoms with Crippen molar-refractivity contribution < 1.29 is 36.8 Å². The first-order chi connectivity index (χ1) is 11.7. The number of hydroxylamine groups is 3. The molecular formula is C12H20N4O8S. The van der Waals surface area contributed by atoms with Gasteiger partial charge in [-0.15, -0.1) is 4.28 Å². The van der Waals surface area contributed by atoms with Gasteiger partial charge in [0.2, 0.25) is 0 Å². The van der Waals surface area contributed by atoms with E-state index in [2.05, 4.69) is 15.1 Å². The maximum absolute atomic E-state index is 12.2. The fourth-order valence-corrected chi connectivity index (χ4v) is 3.70. The van der Waals surface area contributed by atoms with Crippen LogP contribution >= 0.6 is 0 Å². The number of amides is 3. The number of carbonyl (C=O) groups excluding carboxylic acids is 2. The number of nitrogens with zero attached hydrogens (tertiary/aromatic N) is 2. The Hall–Kier alpha value is -1.51. The molecule has 3 fully saturated rings. The largest absolute Gasteiger partial charge is 0.418 e. The van der Waals surface area contributed by atoms with Gasteiger partial charge in [-0.3, -0.25) is 14.2 Å². The molecule has 0 aromatic rings. The summed E-state index contributed by atoms with van der Waals surface area (Å²) < 4.78 is 34.7. The lowest BCUT2D eigenvalue weighted by Gasteiger charge is -2.29. The fraction of sp³-hybridized carbons (Fsp3) is 0.833. The Bertz CT molecular complexity index is 643. The van der Waals surface area contributed by atoms with Gasteiger partial charge in [0, 0.05) is 19.1 Å². The molecule has 0 aromatic heterocycles. The highest BCUT2D eigenvalue weighted by molar-refractivity contribution is 7.80. The van der Waals surface area contributed by atoms with E-state index in [4.69, 9.17) is 9.39 Å². The van der Waals surface area contributed by atoms with Crippen molar-refractivity contribution in [1.29, 1.82) is 0 Å². The number of urea groups is 1. The van der Waals surface area contributed by atoms with Crippen molar-refractivity contribution in [3.8, 4) is 0 Å². The number of nitrogens with one attached hydrogen (secondary N) is 2. The van der Waals surface area contributed by atoms with Crippen LogP contribution < -0.4 is 10.8 Å². The third-order valence-corrected chi connectivity index (χ3v) is 4.81. The molecule has 0 saturated carbocycles. The lowest BCUT2D eigenvalue weighted by molar-refractivity contribution is -0.139. The van der Waals surface area contributed by atoms with Gasteiger partial charge in [0.15, 0.2) is 0 Å². The highest BCUT2D eigenvalue weighted by Crippen LogP contribution is 2.30. The van der Waals surface area contributed by atoms with Crippen molar-refractivity contribution in [2.45, 2.75) is 43.5 Å². The van der Waals surface area contributed by atoms with E-state index in [0.717, 1.165) is 0 Å². The molecule has 3 heterocycles. The first kappa shape index (κ1) is 18.3. The van der Waals surface area contributed by atoms with E-state index < -0.39 is 40.5 Å². The van der Waals surface area contributed by atoms with Gasteiger partial charge in [-0.05, 0) is 19.3 Å². The minimum absolute atomic E-state index is 0.0712. The molecular weight excluding hydrogens is 360 g/mol. The molecule has 2 unspecified atom stereocenters. The summed E-state index contributed by atoms with van der Waals surface area (Å²) in [6.45, 7) is 0.755. The fourth-order valence-electron chi connectivity index (χ4n) is 3.31. The monoisotopic (exact) mass is 380 g/mol. The number of rotatable bonds is 6. The highest BCUT2D eigenvalue weighted by atomic mass is 32.3. The van der Waals surface area contributed by atoms with E-state index in [1.165, 1.54) is 4.90 Å². The minimum atomic E-state index is -4.82. The molecule has 3 rings (SSSR count). The Morgan fingerprint density at radius 3 is 2.80 bits per heavy atom. The van der Waals surface area contributed by atoms with Crippen molar-refractivity contribution in [2.75, 3.05) is 19.7 Å². The molecule has 25 heavy (non-hydrogen) atoms. The normalized spacial score (nSPS) is 32.3. The van der Waals surface area contributed by atoms with Gasteiger partial charge in [-0.1, -0.05) is 0 Å². The standard InChI is InChI=1S/C12H20N4O8S/c17-9-3-7(13-4-9)6-23-14-11(18)10-2-1-8-5-15(10)12(19)16(8)24-25(20,21)22/h7-10,13,17H,1-6H2,(H,14,18)(H,20,21,22)/t7-,8?,9+,10?/m0/s1. The third kappa shape index (κ3) is 4.19. The Labute approximate surface area is 143 Å². The van der Waals surface area contributed by atoms with Crippen LogP contribution in [-0.2, 0) is 24.3 Å². The zero-order chi connectivity index (χ0) is 18.2. The molecule has 4 N–H and O–H groups in total. The van der Waals surface area contributed by atoms with Crippen LogP contribution in [0.4, 0.5) is 4.79 Å². The molecule has 13 heteroatoms. The van der Waals surface area contributed by atoms with E-state index in [-0.39, 0.29) is 19.2 Å². The molecule has 0 aliphatic carbocycles. The Kier molecular flexibility index (Phi) is 5.13. The Balaban J connectivity index is 1.52. The number of aliphatic hydroxyl groups excluding tert-OH is 1. The van der Waals surface area contributed by atoms with Gasteiger partial charge in [-0.2, -0.15) is 13.5 Å². The van der Waals surface area contributed by atoms with Crippen molar-refractivity contribution >= 4 is 22.3 Å². The summed E-state index contributed by atoms with van der Waals surface area (Å²) in [7, 11) is -4.82. The number of β-amino-alcohol motifs (C(OH)–C–C–N with tert-alkyl or cyclic N) is 1. The van der Waals surface area contributed by atoms with Crippen LogP contribution in [0.25, 0.3) is 0 Å². The zero-order valence-corrected chi connectivity index (χ0v) is 14.0. The maximum atomic E-state index is 12.2. The predicted octanol–water partition coefficient (Wildman–Crippen LogP) is -2.24. The molecule has 3 saturated heterocycles. The van der Waals surface area contributed by atoms with E-state index in [1.807, 2.05) is 0 Å². The van der Waals surface area contributed by atoms with Crippen molar-refractivity contribution in [2.24, 2.45) is 0 Å². The van der Waals surface area contributed by atoms with Crippen LogP contribution in [0.15, 0.2) is 0 Å².